The molecule has 0 aliphatic heterocycles. The van der Waals surface area contributed by atoms with Gasteiger partial charge in [-0.25, -0.2) is 0 Å². The number of hydrogen-bond donors (Lipinski definition) is 0. The third-order valence-corrected chi connectivity index (χ3v) is 2.89. The van der Waals surface area contributed by atoms with Crippen molar-refractivity contribution in [3.63, 3.8) is 0 Å². The van der Waals surface area contributed by atoms with Crippen LogP contribution in [-0.4, -0.2) is 14.7 Å². The van der Waals surface area contributed by atoms with E-state index in [0.29, 0.717) is 4.47 Å². The van der Waals surface area contributed by atoms with Crippen LogP contribution in [0.2, 0.25) is 0 Å². The lowest BCUT2D eigenvalue weighted by Gasteiger charge is -1.93. The van der Waals surface area contributed by atoms with Crippen molar-refractivity contribution in [2.45, 2.75) is 25.8 Å². The van der Waals surface area contributed by atoms with E-state index in [-0.39, 0.29) is 5.82 Å². The number of halogens is 1. The molecular weight excluding hydrogens is 250 g/mol. The molecule has 1 heterocycles. The number of nitrogens with zero attached hydrogens (tertiary/aromatic N) is 3. The molecular formula is C8H10BrN3O2. The molecule has 1 fully saturated rings. The molecule has 1 aliphatic rings. The van der Waals surface area contributed by atoms with Crippen LogP contribution in [0.25, 0.3) is 0 Å². The molecule has 0 unspecified atom stereocenters. The number of nitro groups is 1. The summed E-state index contributed by atoms with van der Waals surface area (Å²) >= 11 is 3.12. The molecule has 0 amide bonds. The summed E-state index contributed by atoms with van der Waals surface area (Å²) in [5.74, 6) is 0.720. The van der Waals surface area contributed by atoms with Crippen LogP contribution in [0.5, 0.6) is 0 Å². The highest BCUT2D eigenvalue weighted by atomic mass is 79.9. The van der Waals surface area contributed by atoms with E-state index >= 15 is 0 Å². The Morgan fingerprint density at radius 1 is 1.71 bits per heavy atom. The summed E-state index contributed by atoms with van der Waals surface area (Å²) in [4.78, 5) is 10.0. The molecule has 1 aromatic rings. The van der Waals surface area contributed by atoms with Gasteiger partial charge >= 0.3 is 5.82 Å². The summed E-state index contributed by atoms with van der Waals surface area (Å²) in [6, 6.07) is 0. The summed E-state index contributed by atoms with van der Waals surface area (Å²) in [6.07, 6.45) is 5.33. The van der Waals surface area contributed by atoms with Crippen molar-refractivity contribution >= 4 is 21.7 Å². The zero-order chi connectivity index (χ0) is 10.1. The first-order valence-electron chi connectivity index (χ1n) is 4.54. The smallest absolute Gasteiger partial charge is 0.358 e. The van der Waals surface area contributed by atoms with Gasteiger partial charge in [-0.1, -0.05) is 12.8 Å². The Labute approximate surface area is 89.4 Å². The van der Waals surface area contributed by atoms with Gasteiger partial charge in [0.15, 0.2) is 0 Å². The van der Waals surface area contributed by atoms with E-state index in [2.05, 4.69) is 21.0 Å². The van der Waals surface area contributed by atoms with Gasteiger partial charge in [0.2, 0.25) is 0 Å². The molecule has 0 bridgehead atoms. The normalized spacial score (nSPS) is 15.8. The zero-order valence-electron chi connectivity index (χ0n) is 7.52. The third-order valence-electron chi connectivity index (χ3n) is 2.34. The lowest BCUT2D eigenvalue weighted by molar-refractivity contribution is -0.390. The van der Waals surface area contributed by atoms with Gasteiger partial charge in [0.05, 0.1) is 17.8 Å². The van der Waals surface area contributed by atoms with Gasteiger partial charge in [0, 0.05) is 0 Å². The molecule has 0 N–H and O–H groups in total. The standard InChI is InChI=1S/C8H10BrN3O2/c9-7-5-11(4-3-6-1-2-6)10-8(7)12(13)14/h5-6H,1-4H2. The molecule has 0 radical (unpaired) electrons. The van der Waals surface area contributed by atoms with E-state index in [1.807, 2.05) is 0 Å². The fourth-order valence-electron chi connectivity index (χ4n) is 1.35. The van der Waals surface area contributed by atoms with Gasteiger partial charge in [0.25, 0.3) is 0 Å². The predicted octanol–water partition coefficient (Wildman–Crippen LogP) is 2.35. The second-order valence-corrected chi connectivity index (χ2v) is 4.41. The molecule has 0 saturated heterocycles. The van der Waals surface area contributed by atoms with Crippen LogP contribution in [0.1, 0.15) is 19.3 Å². The van der Waals surface area contributed by atoms with Crippen molar-refractivity contribution in [2.75, 3.05) is 0 Å². The minimum absolute atomic E-state index is 0.0965. The molecule has 0 atom stereocenters. The number of rotatable bonds is 4. The van der Waals surface area contributed by atoms with E-state index in [1.54, 1.807) is 10.9 Å². The molecule has 0 spiro atoms. The van der Waals surface area contributed by atoms with Gasteiger partial charge in [-0.2, -0.15) is 4.68 Å². The predicted molar refractivity (Wildman–Crippen MR) is 53.9 cm³/mol. The maximum absolute atomic E-state index is 10.5. The topological polar surface area (TPSA) is 61.0 Å². The number of aromatic nitrogens is 2. The Bertz CT molecular complexity index is 359. The van der Waals surface area contributed by atoms with Gasteiger partial charge in [-0.05, 0) is 33.2 Å². The molecule has 0 aromatic carbocycles. The lowest BCUT2D eigenvalue weighted by atomic mass is 10.3. The highest BCUT2D eigenvalue weighted by Gasteiger charge is 2.23. The summed E-state index contributed by atoms with van der Waals surface area (Å²) in [5, 5.41) is 14.4. The third kappa shape index (κ3) is 2.12. The zero-order valence-corrected chi connectivity index (χ0v) is 9.11. The SMILES string of the molecule is O=[N+]([O-])c1nn(CCC2CC2)cc1Br. The maximum Gasteiger partial charge on any atom is 0.404 e. The van der Waals surface area contributed by atoms with Gasteiger partial charge in [0.1, 0.15) is 4.47 Å². The summed E-state index contributed by atoms with van der Waals surface area (Å²) in [6.45, 7) is 0.775. The van der Waals surface area contributed by atoms with Crippen molar-refractivity contribution in [3.05, 3.63) is 20.8 Å². The Morgan fingerprint density at radius 2 is 2.43 bits per heavy atom. The second-order valence-electron chi connectivity index (χ2n) is 3.55. The van der Waals surface area contributed by atoms with Crippen molar-refractivity contribution in [3.8, 4) is 0 Å². The van der Waals surface area contributed by atoms with Crippen molar-refractivity contribution in [1.82, 2.24) is 9.78 Å². The molecule has 1 saturated carbocycles. The van der Waals surface area contributed by atoms with Crippen molar-refractivity contribution < 1.29 is 4.92 Å². The Kier molecular flexibility index (Phi) is 2.54. The van der Waals surface area contributed by atoms with Crippen LogP contribution in [0.15, 0.2) is 10.7 Å². The van der Waals surface area contributed by atoms with Crippen LogP contribution in [0.3, 0.4) is 0 Å². The molecule has 1 aromatic heterocycles. The van der Waals surface area contributed by atoms with E-state index < -0.39 is 4.92 Å². The first-order chi connectivity index (χ1) is 6.66. The monoisotopic (exact) mass is 259 g/mol. The van der Waals surface area contributed by atoms with Gasteiger partial charge in [-0.3, -0.25) is 0 Å². The van der Waals surface area contributed by atoms with Crippen LogP contribution in [0.4, 0.5) is 5.82 Å². The fraction of sp³-hybridized carbons (Fsp3) is 0.625. The highest BCUT2D eigenvalue weighted by Crippen LogP contribution is 2.33. The lowest BCUT2D eigenvalue weighted by Crippen LogP contribution is -2.00. The fourth-order valence-corrected chi connectivity index (χ4v) is 1.81. The van der Waals surface area contributed by atoms with Gasteiger partial charge in [-0.15, -0.1) is 0 Å². The molecule has 2 rings (SSSR count). The number of hydrogen-bond acceptors (Lipinski definition) is 3. The molecule has 1 aliphatic carbocycles. The largest absolute Gasteiger partial charge is 0.404 e. The molecule has 6 heteroatoms. The summed E-state index contributed by atoms with van der Waals surface area (Å²) in [7, 11) is 0. The minimum atomic E-state index is -0.474. The van der Waals surface area contributed by atoms with Crippen LogP contribution in [-0.2, 0) is 6.54 Å². The minimum Gasteiger partial charge on any atom is -0.358 e. The van der Waals surface area contributed by atoms with Crippen molar-refractivity contribution in [1.29, 1.82) is 0 Å². The average molecular weight is 260 g/mol. The first-order valence-corrected chi connectivity index (χ1v) is 5.33. The van der Waals surface area contributed by atoms with Crippen LogP contribution < -0.4 is 0 Å². The Morgan fingerprint density at radius 3 is 2.93 bits per heavy atom. The average Bonchev–Trinajstić information content (AvgIpc) is 2.86. The maximum atomic E-state index is 10.5. The number of aryl methyl sites for hydroxylation is 1. The quantitative estimate of drug-likeness (QED) is 0.616. The van der Waals surface area contributed by atoms with Crippen LogP contribution >= 0.6 is 15.9 Å². The van der Waals surface area contributed by atoms with E-state index in [1.165, 1.54) is 12.8 Å². The van der Waals surface area contributed by atoms with Gasteiger partial charge < -0.3 is 10.1 Å². The molecule has 5 nitrogen and oxygen atoms in total. The summed E-state index contributed by atoms with van der Waals surface area (Å²) < 4.78 is 2.10. The van der Waals surface area contributed by atoms with Crippen molar-refractivity contribution in [2.24, 2.45) is 5.92 Å². The van der Waals surface area contributed by atoms with Crippen LogP contribution in [0, 0.1) is 16.0 Å². The Balaban J connectivity index is 2.02. The first kappa shape index (κ1) is 9.64. The Hall–Kier alpha value is -0.910. The van der Waals surface area contributed by atoms with E-state index in [9.17, 15) is 10.1 Å². The molecule has 14 heavy (non-hydrogen) atoms. The van der Waals surface area contributed by atoms with E-state index in [0.717, 1.165) is 18.9 Å². The second kappa shape index (κ2) is 3.68. The highest BCUT2D eigenvalue weighted by molar-refractivity contribution is 9.10. The van der Waals surface area contributed by atoms with E-state index in [4.69, 9.17) is 0 Å². The summed E-state index contributed by atoms with van der Waals surface area (Å²) in [5.41, 5.74) is 0. The molecule has 76 valence electrons.